The fourth-order valence-electron chi connectivity index (χ4n) is 6.17. The minimum atomic E-state index is -0.645. The number of anilines is 1. The number of pyridine rings is 1. The second kappa shape index (κ2) is 9.40. The highest BCUT2D eigenvalue weighted by molar-refractivity contribution is 5.83. The molecule has 2 fully saturated rings. The van der Waals surface area contributed by atoms with Crippen molar-refractivity contribution in [3.8, 4) is 11.4 Å². The molecule has 1 spiro atoms. The van der Waals surface area contributed by atoms with Gasteiger partial charge in [0.1, 0.15) is 11.6 Å². The number of hydrogen-bond donors (Lipinski definition) is 2. The first-order valence-electron chi connectivity index (χ1n) is 12.9. The van der Waals surface area contributed by atoms with Gasteiger partial charge in [-0.05, 0) is 92.5 Å². The summed E-state index contributed by atoms with van der Waals surface area (Å²) in [4.78, 5) is 26.7. The molecule has 6 nitrogen and oxygen atoms in total. The number of aryl methyl sites for hydroxylation is 2. The molecule has 2 aromatic heterocycles. The number of aliphatic carboxylic acids is 1. The van der Waals surface area contributed by atoms with Crippen LogP contribution in [0.1, 0.15) is 69.4 Å². The molecule has 2 aliphatic rings. The molecule has 2 N–H and O–H groups in total. The van der Waals surface area contributed by atoms with Crippen LogP contribution in [0.5, 0.6) is 0 Å². The average Bonchev–Trinajstić information content (AvgIpc) is 3.17. The smallest absolute Gasteiger partial charge is 0.303 e. The molecule has 3 aromatic rings. The molecular weight excluding hydrogens is 424 g/mol. The number of hydrogen-bond acceptors (Lipinski definition) is 4. The number of benzene rings is 1. The predicted octanol–water partition coefficient (Wildman–Crippen LogP) is 6.14. The SMILES string of the molecule is CCc1cc(C)cc2[nH]c(-c3ccc(N4CCC5(CCCC(CC(=O)O)CC5)CC4)nc3)nc12. The van der Waals surface area contributed by atoms with Gasteiger partial charge in [0, 0.05) is 31.3 Å². The maximum absolute atomic E-state index is 11.1. The summed E-state index contributed by atoms with van der Waals surface area (Å²) in [6, 6.07) is 8.64. The Labute approximate surface area is 201 Å². The molecule has 3 heterocycles. The van der Waals surface area contributed by atoms with Crippen molar-refractivity contribution < 1.29 is 9.90 Å². The summed E-state index contributed by atoms with van der Waals surface area (Å²) in [5, 5.41) is 9.16. The number of carboxylic acid groups (broad SMARTS) is 1. The molecule has 5 rings (SSSR count). The van der Waals surface area contributed by atoms with E-state index in [4.69, 9.17) is 15.1 Å². The van der Waals surface area contributed by atoms with E-state index in [1.165, 1.54) is 43.2 Å². The topological polar surface area (TPSA) is 82.1 Å². The van der Waals surface area contributed by atoms with Gasteiger partial charge >= 0.3 is 5.97 Å². The van der Waals surface area contributed by atoms with Crippen molar-refractivity contribution in [3.05, 3.63) is 41.6 Å². The van der Waals surface area contributed by atoms with E-state index in [-0.39, 0.29) is 0 Å². The Morgan fingerprint density at radius 3 is 2.71 bits per heavy atom. The van der Waals surface area contributed by atoms with Crippen molar-refractivity contribution in [1.29, 1.82) is 0 Å². The molecule has 0 amide bonds. The van der Waals surface area contributed by atoms with Crippen LogP contribution < -0.4 is 4.90 Å². The molecule has 0 radical (unpaired) electrons. The second-order valence-electron chi connectivity index (χ2n) is 10.5. The van der Waals surface area contributed by atoms with Gasteiger partial charge in [0.25, 0.3) is 0 Å². The largest absolute Gasteiger partial charge is 0.481 e. The fourth-order valence-corrected chi connectivity index (χ4v) is 6.17. The lowest BCUT2D eigenvalue weighted by Gasteiger charge is -2.42. The number of fused-ring (bicyclic) bond motifs is 1. The molecule has 1 unspecified atom stereocenters. The van der Waals surface area contributed by atoms with E-state index in [1.54, 1.807) is 0 Å². The maximum atomic E-state index is 11.1. The van der Waals surface area contributed by atoms with Crippen molar-refractivity contribution >= 4 is 22.8 Å². The predicted molar refractivity (Wildman–Crippen MR) is 136 cm³/mol. The Morgan fingerprint density at radius 1 is 1.18 bits per heavy atom. The van der Waals surface area contributed by atoms with Gasteiger partial charge in [-0.15, -0.1) is 0 Å². The number of aromatic amines is 1. The quantitative estimate of drug-likeness (QED) is 0.478. The number of carbonyl (C=O) groups is 1. The van der Waals surface area contributed by atoms with E-state index >= 15 is 0 Å². The van der Waals surface area contributed by atoms with E-state index in [9.17, 15) is 4.79 Å². The molecule has 0 bridgehead atoms. The lowest BCUT2D eigenvalue weighted by atomic mass is 9.72. The van der Waals surface area contributed by atoms with Crippen LogP contribution in [0.15, 0.2) is 30.5 Å². The average molecular weight is 461 g/mol. The van der Waals surface area contributed by atoms with Crippen LogP contribution in [0, 0.1) is 18.3 Å². The normalized spacial score (nSPS) is 20.5. The Hall–Kier alpha value is -2.89. The molecular formula is C28H36N4O2. The number of rotatable bonds is 5. The molecule has 1 saturated heterocycles. The minimum absolute atomic E-state index is 0.336. The van der Waals surface area contributed by atoms with Crippen molar-refractivity contribution in [2.45, 2.75) is 71.6 Å². The summed E-state index contributed by atoms with van der Waals surface area (Å²) in [7, 11) is 0. The highest BCUT2D eigenvalue weighted by atomic mass is 16.4. The summed E-state index contributed by atoms with van der Waals surface area (Å²) < 4.78 is 0. The third kappa shape index (κ3) is 4.68. The summed E-state index contributed by atoms with van der Waals surface area (Å²) in [5.74, 6) is 1.63. The van der Waals surface area contributed by atoms with Gasteiger partial charge < -0.3 is 15.0 Å². The lowest BCUT2D eigenvalue weighted by molar-refractivity contribution is -0.138. The fraction of sp³-hybridized carbons (Fsp3) is 0.536. The molecule has 1 aromatic carbocycles. The number of carboxylic acids is 1. The number of nitrogens with zero attached hydrogens (tertiary/aromatic N) is 3. The standard InChI is InChI=1S/C28H36N4O2/c1-3-21-15-19(2)16-23-26(21)31-27(30-23)22-6-7-24(29-18-22)32-13-11-28(12-14-32)9-4-5-20(8-10-28)17-25(33)34/h6-7,15-16,18,20H,3-5,8-14,17H2,1-2H3,(H,30,31)(H,33,34). The molecule has 6 heteroatoms. The number of imidazole rings is 1. The van der Waals surface area contributed by atoms with Gasteiger partial charge in [0.15, 0.2) is 0 Å². The first-order chi connectivity index (χ1) is 16.4. The van der Waals surface area contributed by atoms with E-state index in [0.29, 0.717) is 17.8 Å². The number of piperidine rings is 1. The Morgan fingerprint density at radius 2 is 2.00 bits per heavy atom. The highest BCUT2D eigenvalue weighted by Gasteiger charge is 2.37. The van der Waals surface area contributed by atoms with Crippen LogP contribution in [0.3, 0.4) is 0 Å². The Kier molecular flexibility index (Phi) is 6.32. The highest BCUT2D eigenvalue weighted by Crippen LogP contribution is 2.45. The molecule has 1 aliphatic carbocycles. The van der Waals surface area contributed by atoms with Crippen molar-refractivity contribution in [2.24, 2.45) is 11.3 Å². The monoisotopic (exact) mass is 460 g/mol. The summed E-state index contributed by atoms with van der Waals surface area (Å²) in [6.07, 6.45) is 11.3. The van der Waals surface area contributed by atoms with Crippen LogP contribution >= 0.6 is 0 Å². The van der Waals surface area contributed by atoms with Gasteiger partial charge in [-0.25, -0.2) is 9.97 Å². The molecule has 180 valence electrons. The summed E-state index contributed by atoms with van der Waals surface area (Å²) in [5.41, 5.74) is 6.09. The van der Waals surface area contributed by atoms with Crippen LogP contribution in [0.25, 0.3) is 22.4 Å². The summed E-state index contributed by atoms with van der Waals surface area (Å²) in [6.45, 7) is 6.35. The van der Waals surface area contributed by atoms with E-state index in [1.807, 2.05) is 6.20 Å². The number of H-pyrrole nitrogens is 1. The zero-order chi connectivity index (χ0) is 23.7. The first kappa shape index (κ1) is 22.9. The zero-order valence-corrected chi connectivity index (χ0v) is 20.4. The molecule has 1 aliphatic heterocycles. The van der Waals surface area contributed by atoms with Gasteiger partial charge in [-0.2, -0.15) is 0 Å². The maximum Gasteiger partial charge on any atom is 0.303 e. The van der Waals surface area contributed by atoms with Crippen molar-refractivity contribution in [1.82, 2.24) is 15.0 Å². The third-order valence-electron chi connectivity index (χ3n) is 8.23. The van der Waals surface area contributed by atoms with Gasteiger partial charge in [0.2, 0.25) is 0 Å². The van der Waals surface area contributed by atoms with Crippen LogP contribution in [0.2, 0.25) is 0 Å². The molecule has 1 saturated carbocycles. The zero-order valence-electron chi connectivity index (χ0n) is 20.4. The van der Waals surface area contributed by atoms with Crippen LogP contribution in [-0.4, -0.2) is 39.1 Å². The Bertz CT molecular complexity index is 1160. The number of nitrogens with one attached hydrogen (secondary N) is 1. The lowest BCUT2D eigenvalue weighted by Crippen LogP contribution is -2.40. The van der Waals surface area contributed by atoms with Gasteiger partial charge in [0.05, 0.1) is 11.0 Å². The molecule has 1 atom stereocenters. The first-order valence-corrected chi connectivity index (χ1v) is 12.9. The van der Waals surface area contributed by atoms with Crippen LogP contribution in [0.4, 0.5) is 5.82 Å². The van der Waals surface area contributed by atoms with E-state index in [0.717, 1.165) is 60.6 Å². The van der Waals surface area contributed by atoms with Crippen molar-refractivity contribution in [2.75, 3.05) is 18.0 Å². The van der Waals surface area contributed by atoms with Crippen molar-refractivity contribution in [3.63, 3.8) is 0 Å². The van der Waals surface area contributed by atoms with Crippen LogP contribution in [-0.2, 0) is 11.2 Å². The van der Waals surface area contributed by atoms with Gasteiger partial charge in [-0.1, -0.05) is 19.4 Å². The Balaban J connectivity index is 1.25. The third-order valence-corrected chi connectivity index (χ3v) is 8.23. The minimum Gasteiger partial charge on any atom is -0.481 e. The molecule has 34 heavy (non-hydrogen) atoms. The second-order valence-corrected chi connectivity index (χ2v) is 10.5. The van der Waals surface area contributed by atoms with E-state index < -0.39 is 5.97 Å². The number of aromatic nitrogens is 3. The van der Waals surface area contributed by atoms with E-state index in [2.05, 4.69) is 48.0 Å². The summed E-state index contributed by atoms with van der Waals surface area (Å²) >= 11 is 0. The van der Waals surface area contributed by atoms with Gasteiger partial charge in [-0.3, -0.25) is 4.79 Å².